The second-order valence-corrected chi connectivity index (χ2v) is 4.43. The van der Waals surface area contributed by atoms with E-state index in [0.29, 0.717) is 0 Å². The predicted molar refractivity (Wildman–Crippen MR) is 55.9 cm³/mol. The Bertz CT molecular complexity index is 483. The lowest BCUT2D eigenvalue weighted by atomic mass is 10.2. The first-order valence-corrected chi connectivity index (χ1v) is 5.69. The van der Waals surface area contributed by atoms with Crippen LogP contribution < -0.4 is 10.9 Å². The van der Waals surface area contributed by atoms with E-state index in [0.717, 1.165) is 6.07 Å². The zero-order valence-corrected chi connectivity index (χ0v) is 8.67. The van der Waals surface area contributed by atoms with Crippen molar-refractivity contribution < 1.29 is 12.8 Å². The Labute approximate surface area is 87.4 Å². The number of halogens is 1. The van der Waals surface area contributed by atoms with Crippen LogP contribution in [0.2, 0.25) is 0 Å². The minimum absolute atomic E-state index is 0.245. The molecule has 82 valence electrons. The average molecular weight is 230 g/mol. The molecule has 0 unspecified atom stereocenters. The number of primary sulfonamides is 1. The van der Waals surface area contributed by atoms with Crippen LogP contribution in [0.4, 0.5) is 4.39 Å². The third-order valence-electron chi connectivity index (χ3n) is 1.73. The minimum Gasteiger partial charge on any atom is -0.327 e. The molecule has 0 fully saturated rings. The monoisotopic (exact) mass is 230 g/mol. The molecule has 1 rings (SSSR count). The molecule has 0 amide bonds. The average Bonchev–Trinajstić information content (AvgIpc) is 2.14. The number of sulfonamides is 1. The van der Waals surface area contributed by atoms with Gasteiger partial charge in [0.05, 0.1) is 4.90 Å². The van der Waals surface area contributed by atoms with Gasteiger partial charge in [0.2, 0.25) is 10.0 Å². The minimum atomic E-state index is -3.85. The molecule has 0 radical (unpaired) electrons. The molecule has 1 aromatic rings. The molecule has 0 aromatic heterocycles. The van der Waals surface area contributed by atoms with E-state index in [9.17, 15) is 12.8 Å². The zero-order valence-electron chi connectivity index (χ0n) is 7.85. The molecular formula is C9H11FN2O2S. The van der Waals surface area contributed by atoms with Crippen LogP contribution in [0.25, 0.3) is 6.08 Å². The molecule has 0 saturated carbocycles. The third-order valence-corrected chi connectivity index (χ3v) is 2.64. The summed E-state index contributed by atoms with van der Waals surface area (Å²) in [4.78, 5) is -0.245. The van der Waals surface area contributed by atoms with Gasteiger partial charge in [-0.25, -0.2) is 17.9 Å². The van der Waals surface area contributed by atoms with E-state index in [1.807, 2.05) is 0 Å². The second-order valence-electron chi connectivity index (χ2n) is 2.87. The van der Waals surface area contributed by atoms with Gasteiger partial charge in [0.15, 0.2) is 0 Å². The maximum Gasteiger partial charge on any atom is 0.238 e. The molecule has 0 aliphatic carbocycles. The van der Waals surface area contributed by atoms with Crippen LogP contribution in [0, 0.1) is 5.82 Å². The Morgan fingerprint density at radius 1 is 1.40 bits per heavy atom. The maximum absolute atomic E-state index is 13.3. The Hall–Kier alpha value is -1.24. The van der Waals surface area contributed by atoms with Crippen molar-refractivity contribution in [2.45, 2.75) is 4.90 Å². The van der Waals surface area contributed by atoms with Gasteiger partial charge in [0, 0.05) is 12.1 Å². The van der Waals surface area contributed by atoms with E-state index < -0.39 is 15.8 Å². The van der Waals surface area contributed by atoms with Gasteiger partial charge in [-0.05, 0) is 12.1 Å². The Morgan fingerprint density at radius 2 is 2.07 bits per heavy atom. The van der Waals surface area contributed by atoms with Crippen molar-refractivity contribution in [2.24, 2.45) is 10.9 Å². The van der Waals surface area contributed by atoms with Gasteiger partial charge < -0.3 is 5.73 Å². The van der Waals surface area contributed by atoms with Crippen molar-refractivity contribution in [3.05, 3.63) is 35.7 Å². The molecule has 0 saturated heterocycles. The molecular weight excluding hydrogens is 219 g/mol. The van der Waals surface area contributed by atoms with E-state index >= 15 is 0 Å². The highest BCUT2D eigenvalue weighted by Gasteiger charge is 2.09. The standard InChI is InChI=1S/C9H11FN2O2S/c10-9-6-8(15(12,13)14)4-3-7(9)2-1-5-11/h1-4,6H,5,11H2,(H2,12,13,14). The van der Waals surface area contributed by atoms with Gasteiger partial charge in [-0.3, -0.25) is 0 Å². The largest absolute Gasteiger partial charge is 0.327 e. The molecule has 6 heteroatoms. The highest BCUT2D eigenvalue weighted by Crippen LogP contribution is 2.14. The van der Waals surface area contributed by atoms with Crippen molar-refractivity contribution in [2.75, 3.05) is 6.54 Å². The first-order chi connectivity index (χ1) is 6.95. The lowest BCUT2D eigenvalue weighted by molar-refractivity contribution is 0.592. The lowest BCUT2D eigenvalue weighted by Gasteiger charge is -2.00. The van der Waals surface area contributed by atoms with Crippen LogP contribution in [0.5, 0.6) is 0 Å². The molecule has 1 aromatic carbocycles. The first kappa shape index (κ1) is 11.8. The topological polar surface area (TPSA) is 86.2 Å². The molecule has 4 nitrogen and oxygen atoms in total. The Kier molecular flexibility index (Phi) is 3.57. The second kappa shape index (κ2) is 4.52. The highest BCUT2D eigenvalue weighted by atomic mass is 32.2. The van der Waals surface area contributed by atoms with Crippen LogP contribution in [0.1, 0.15) is 5.56 Å². The fourth-order valence-corrected chi connectivity index (χ4v) is 1.54. The fraction of sp³-hybridized carbons (Fsp3) is 0.111. The van der Waals surface area contributed by atoms with Gasteiger partial charge in [0.1, 0.15) is 5.82 Å². The van der Waals surface area contributed by atoms with Crippen molar-refractivity contribution in [3.8, 4) is 0 Å². The highest BCUT2D eigenvalue weighted by molar-refractivity contribution is 7.89. The summed E-state index contributed by atoms with van der Waals surface area (Å²) in [5, 5.41) is 4.84. The molecule has 0 aliphatic rings. The van der Waals surface area contributed by atoms with Gasteiger partial charge >= 0.3 is 0 Å². The molecule has 0 atom stereocenters. The first-order valence-electron chi connectivity index (χ1n) is 4.14. The molecule has 15 heavy (non-hydrogen) atoms. The van der Waals surface area contributed by atoms with E-state index in [2.05, 4.69) is 0 Å². The predicted octanol–water partition coefficient (Wildman–Crippen LogP) is 0.445. The molecule has 4 N–H and O–H groups in total. The maximum atomic E-state index is 13.3. The quantitative estimate of drug-likeness (QED) is 0.790. The smallest absolute Gasteiger partial charge is 0.238 e. The van der Waals surface area contributed by atoms with E-state index in [4.69, 9.17) is 10.9 Å². The van der Waals surface area contributed by atoms with Gasteiger partial charge in [-0.2, -0.15) is 0 Å². The molecule has 0 bridgehead atoms. The Balaban J connectivity index is 3.15. The molecule has 0 aliphatic heterocycles. The summed E-state index contributed by atoms with van der Waals surface area (Å²) in [6.45, 7) is 0.288. The van der Waals surface area contributed by atoms with Crippen LogP contribution in [0.3, 0.4) is 0 Å². The summed E-state index contributed by atoms with van der Waals surface area (Å²) in [5.41, 5.74) is 5.47. The van der Waals surface area contributed by atoms with Crippen molar-refractivity contribution in [1.29, 1.82) is 0 Å². The summed E-state index contributed by atoms with van der Waals surface area (Å²) in [7, 11) is -3.85. The van der Waals surface area contributed by atoms with Crippen molar-refractivity contribution >= 4 is 16.1 Å². The van der Waals surface area contributed by atoms with E-state index in [-0.39, 0.29) is 17.0 Å². The number of benzene rings is 1. The Morgan fingerprint density at radius 3 is 2.53 bits per heavy atom. The third kappa shape index (κ3) is 3.12. The van der Waals surface area contributed by atoms with Crippen molar-refractivity contribution in [1.82, 2.24) is 0 Å². The molecule has 0 heterocycles. The zero-order chi connectivity index (χ0) is 11.5. The van der Waals surface area contributed by atoms with Gasteiger partial charge in [-0.15, -0.1) is 0 Å². The van der Waals surface area contributed by atoms with Crippen molar-refractivity contribution in [3.63, 3.8) is 0 Å². The molecule has 0 spiro atoms. The van der Waals surface area contributed by atoms with E-state index in [1.165, 1.54) is 18.2 Å². The summed E-state index contributed by atoms with van der Waals surface area (Å²) in [6, 6.07) is 3.46. The van der Waals surface area contributed by atoms with Crippen LogP contribution >= 0.6 is 0 Å². The van der Waals surface area contributed by atoms with Crippen LogP contribution in [-0.2, 0) is 10.0 Å². The lowest BCUT2D eigenvalue weighted by Crippen LogP contribution is -2.12. The number of hydrogen-bond donors (Lipinski definition) is 2. The summed E-state index contributed by atoms with van der Waals surface area (Å²) in [5.74, 6) is -0.647. The van der Waals surface area contributed by atoms with Gasteiger partial charge in [-0.1, -0.05) is 18.2 Å². The van der Waals surface area contributed by atoms with Crippen LogP contribution in [0.15, 0.2) is 29.2 Å². The van der Waals surface area contributed by atoms with Gasteiger partial charge in [0.25, 0.3) is 0 Å². The number of hydrogen-bond acceptors (Lipinski definition) is 3. The fourth-order valence-electron chi connectivity index (χ4n) is 1.02. The summed E-state index contributed by atoms with van der Waals surface area (Å²) in [6.07, 6.45) is 3.04. The van der Waals surface area contributed by atoms with Crippen LogP contribution in [-0.4, -0.2) is 15.0 Å². The normalized spacial score (nSPS) is 12.2. The SMILES string of the molecule is NCC=Cc1ccc(S(N)(=O)=O)cc1F. The number of rotatable bonds is 3. The number of nitrogens with two attached hydrogens (primary N) is 2. The summed E-state index contributed by atoms with van der Waals surface area (Å²) < 4.78 is 35.1. The summed E-state index contributed by atoms with van der Waals surface area (Å²) >= 11 is 0. The van der Waals surface area contributed by atoms with E-state index in [1.54, 1.807) is 6.08 Å².